The van der Waals surface area contributed by atoms with Crippen molar-refractivity contribution in [3.8, 4) is 22.8 Å². The van der Waals surface area contributed by atoms with E-state index in [9.17, 15) is 4.79 Å². The second kappa shape index (κ2) is 9.04. The SMILES string of the molecule is Cc1c(-c2ccccc2)nc2ccccc2c1C(=O)N1CCN(Cc2ccc3c(c2)OCO3)CC1. The van der Waals surface area contributed by atoms with Gasteiger partial charge in [0, 0.05) is 43.7 Å². The number of hydrogen-bond acceptors (Lipinski definition) is 5. The second-order valence-corrected chi connectivity index (χ2v) is 9.10. The summed E-state index contributed by atoms with van der Waals surface area (Å²) in [4.78, 5) is 23.1. The van der Waals surface area contributed by atoms with Crippen LogP contribution in [0.3, 0.4) is 0 Å². The highest BCUT2D eigenvalue weighted by molar-refractivity contribution is 6.09. The summed E-state index contributed by atoms with van der Waals surface area (Å²) >= 11 is 0. The summed E-state index contributed by atoms with van der Waals surface area (Å²) < 4.78 is 10.9. The normalized spacial score (nSPS) is 15.5. The molecule has 0 aliphatic carbocycles. The van der Waals surface area contributed by atoms with Crippen LogP contribution < -0.4 is 9.47 Å². The van der Waals surface area contributed by atoms with Gasteiger partial charge in [0.1, 0.15) is 0 Å². The number of benzene rings is 3. The molecule has 176 valence electrons. The van der Waals surface area contributed by atoms with Gasteiger partial charge in [0.15, 0.2) is 11.5 Å². The van der Waals surface area contributed by atoms with Gasteiger partial charge >= 0.3 is 0 Å². The molecule has 35 heavy (non-hydrogen) atoms. The Morgan fingerprint density at radius 1 is 0.886 bits per heavy atom. The van der Waals surface area contributed by atoms with E-state index in [2.05, 4.69) is 17.0 Å². The monoisotopic (exact) mass is 465 g/mol. The third-order valence-corrected chi connectivity index (χ3v) is 6.90. The molecule has 6 nitrogen and oxygen atoms in total. The summed E-state index contributed by atoms with van der Waals surface area (Å²) in [5.74, 6) is 1.70. The molecule has 6 rings (SSSR count). The van der Waals surface area contributed by atoms with Crippen LogP contribution in [0.1, 0.15) is 21.5 Å². The molecule has 1 aromatic heterocycles. The van der Waals surface area contributed by atoms with Gasteiger partial charge in [-0.15, -0.1) is 0 Å². The number of ether oxygens (including phenoxy) is 2. The summed E-state index contributed by atoms with van der Waals surface area (Å²) in [6.45, 7) is 6.18. The standard InChI is InChI=1S/C29H27N3O3/c1-20-27(23-9-5-6-10-24(23)30-28(20)22-7-3-2-4-8-22)29(33)32-15-13-31(14-16-32)18-21-11-12-25-26(17-21)35-19-34-25/h2-12,17H,13-16,18-19H2,1H3. The lowest BCUT2D eigenvalue weighted by Gasteiger charge is -2.35. The van der Waals surface area contributed by atoms with Crippen molar-refractivity contribution in [2.75, 3.05) is 33.0 Å². The summed E-state index contributed by atoms with van der Waals surface area (Å²) in [7, 11) is 0. The van der Waals surface area contributed by atoms with Gasteiger partial charge in [0.05, 0.1) is 16.8 Å². The molecule has 0 atom stereocenters. The van der Waals surface area contributed by atoms with E-state index in [1.54, 1.807) is 0 Å². The number of aromatic nitrogens is 1. The average Bonchev–Trinajstić information content (AvgIpc) is 3.37. The smallest absolute Gasteiger partial charge is 0.254 e. The molecule has 1 saturated heterocycles. The van der Waals surface area contributed by atoms with Gasteiger partial charge in [-0.25, -0.2) is 4.98 Å². The van der Waals surface area contributed by atoms with Gasteiger partial charge in [-0.05, 0) is 36.2 Å². The fourth-order valence-corrected chi connectivity index (χ4v) is 5.02. The molecule has 1 amide bonds. The lowest BCUT2D eigenvalue weighted by molar-refractivity contribution is 0.0629. The maximum Gasteiger partial charge on any atom is 0.254 e. The Bertz CT molecular complexity index is 1400. The van der Waals surface area contributed by atoms with Crippen molar-refractivity contribution < 1.29 is 14.3 Å². The fourth-order valence-electron chi connectivity index (χ4n) is 5.02. The number of carbonyl (C=O) groups excluding carboxylic acids is 1. The molecule has 2 aliphatic rings. The number of hydrogen-bond donors (Lipinski definition) is 0. The van der Waals surface area contributed by atoms with Crippen LogP contribution in [0.5, 0.6) is 11.5 Å². The van der Waals surface area contributed by atoms with Crippen LogP contribution in [-0.2, 0) is 6.54 Å². The summed E-state index contributed by atoms with van der Waals surface area (Å²) in [5, 5.41) is 0.914. The van der Waals surface area contributed by atoms with Crippen molar-refractivity contribution in [1.82, 2.24) is 14.8 Å². The quantitative estimate of drug-likeness (QED) is 0.429. The predicted octanol–water partition coefficient (Wildman–Crippen LogP) is 4.90. The number of carbonyl (C=O) groups is 1. The molecule has 4 aromatic rings. The Morgan fingerprint density at radius 3 is 2.46 bits per heavy atom. The molecule has 0 spiro atoms. The Labute approximate surface area is 204 Å². The first-order valence-corrected chi connectivity index (χ1v) is 12.0. The lowest BCUT2D eigenvalue weighted by atomic mass is 9.96. The minimum Gasteiger partial charge on any atom is -0.454 e. The van der Waals surface area contributed by atoms with E-state index in [1.165, 1.54) is 5.56 Å². The average molecular weight is 466 g/mol. The summed E-state index contributed by atoms with van der Waals surface area (Å²) in [6, 6.07) is 24.2. The Morgan fingerprint density at radius 2 is 1.63 bits per heavy atom. The molecule has 0 saturated carbocycles. The predicted molar refractivity (Wildman–Crippen MR) is 136 cm³/mol. The number of rotatable bonds is 4. The Balaban J connectivity index is 1.23. The van der Waals surface area contributed by atoms with E-state index in [0.29, 0.717) is 13.1 Å². The first kappa shape index (κ1) is 21.6. The highest BCUT2D eigenvalue weighted by Gasteiger charge is 2.27. The van der Waals surface area contributed by atoms with Crippen LogP contribution in [0.25, 0.3) is 22.2 Å². The van der Waals surface area contributed by atoms with E-state index < -0.39 is 0 Å². The summed E-state index contributed by atoms with van der Waals surface area (Å²) in [5.41, 5.74) is 5.63. The molecule has 0 radical (unpaired) electrons. The van der Waals surface area contributed by atoms with Gasteiger partial charge in [-0.2, -0.15) is 0 Å². The van der Waals surface area contributed by atoms with Crippen molar-refractivity contribution >= 4 is 16.8 Å². The second-order valence-electron chi connectivity index (χ2n) is 9.10. The molecule has 0 bridgehead atoms. The van der Waals surface area contributed by atoms with Crippen LogP contribution in [-0.4, -0.2) is 53.7 Å². The topological polar surface area (TPSA) is 54.9 Å². The zero-order valence-corrected chi connectivity index (χ0v) is 19.7. The maximum absolute atomic E-state index is 13.9. The molecular weight excluding hydrogens is 438 g/mol. The minimum absolute atomic E-state index is 0.0843. The molecular formula is C29H27N3O3. The number of fused-ring (bicyclic) bond motifs is 2. The van der Waals surface area contributed by atoms with Crippen LogP contribution in [0.2, 0.25) is 0 Å². The van der Waals surface area contributed by atoms with Crippen LogP contribution in [0.4, 0.5) is 0 Å². The highest BCUT2D eigenvalue weighted by atomic mass is 16.7. The first-order chi connectivity index (χ1) is 17.2. The van der Waals surface area contributed by atoms with E-state index in [4.69, 9.17) is 14.5 Å². The fraction of sp³-hybridized carbons (Fsp3) is 0.241. The number of para-hydroxylation sites is 1. The van der Waals surface area contributed by atoms with Crippen molar-refractivity contribution in [3.05, 3.63) is 89.5 Å². The molecule has 0 N–H and O–H groups in total. The van der Waals surface area contributed by atoms with Gasteiger partial charge in [0.25, 0.3) is 5.91 Å². The first-order valence-electron chi connectivity index (χ1n) is 12.0. The number of pyridine rings is 1. The van der Waals surface area contributed by atoms with E-state index in [1.807, 2.05) is 72.5 Å². The van der Waals surface area contributed by atoms with E-state index in [0.717, 1.165) is 64.4 Å². The third kappa shape index (κ3) is 4.10. The van der Waals surface area contributed by atoms with Crippen LogP contribution in [0.15, 0.2) is 72.8 Å². The Hall–Kier alpha value is -3.90. The van der Waals surface area contributed by atoms with Crippen LogP contribution in [0, 0.1) is 6.92 Å². The molecule has 0 unspecified atom stereocenters. The third-order valence-electron chi connectivity index (χ3n) is 6.90. The van der Waals surface area contributed by atoms with Gasteiger partial charge in [-0.3, -0.25) is 9.69 Å². The Kier molecular flexibility index (Phi) is 5.58. The van der Waals surface area contributed by atoms with E-state index >= 15 is 0 Å². The van der Waals surface area contributed by atoms with Crippen molar-refractivity contribution in [2.24, 2.45) is 0 Å². The minimum atomic E-state index is 0.0843. The number of amides is 1. The lowest BCUT2D eigenvalue weighted by Crippen LogP contribution is -2.48. The molecule has 6 heteroatoms. The largest absolute Gasteiger partial charge is 0.454 e. The van der Waals surface area contributed by atoms with E-state index in [-0.39, 0.29) is 12.7 Å². The van der Waals surface area contributed by atoms with Crippen molar-refractivity contribution in [3.63, 3.8) is 0 Å². The van der Waals surface area contributed by atoms with Gasteiger partial charge < -0.3 is 14.4 Å². The van der Waals surface area contributed by atoms with Gasteiger partial charge in [0.2, 0.25) is 6.79 Å². The van der Waals surface area contributed by atoms with Crippen LogP contribution >= 0.6 is 0 Å². The van der Waals surface area contributed by atoms with Gasteiger partial charge in [-0.1, -0.05) is 54.6 Å². The molecule has 2 aliphatic heterocycles. The summed E-state index contributed by atoms with van der Waals surface area (Å²) in [6.07, 6.45) is 0. The van der Waals surface area contributed by atoms with Crippen molar-refractivity contribution in [1.29, 1.82) is 0 Å². The number of piperazine rings is 1. The molecule has 3 aromatic carbocycles. The highest BCUT2D eigenvalue weighted by Crippen LogP contribution is 2.33. The zero-order valence-electron chi connectivity index (χ0n) is 19.7. The maximum atomic E-state index is 13.9. The zero-order chi connectivity index (χ0) is 23.8. The molecule has 3 heterocycles. The van der Waals surface area contributed by atoms with Crippen molar-refractivity contribution in [2.45, 2.75) is 13.5 Å². The molecule has 1 fully saturated rings. The number of nitrogens with zero attached hydrogens (tertiary/aromatic N) is 3.